The van der Waals surface area contributed by atoms with Crippen molar-refractivity contribution < 1.29 is 14.3 Å². The van der Waals surface area contributed by atoms with Gasteiger partial charge in [0.1, 0.15) is 5.82 Å². The molecule has 0 aliphatic heterocycles. The number of aryl methyl sites for hydroxylation is 1. The maximum atomic E-state index is 13.0. The zero-order chi connectivity index (χ0) is 13.3. The fraction of sp³-hybridized carbons (Fsp3) is 0.0909. The highest BCUT2D eigenvalue weighted by atomic mass is 35.5. The first-order chi connectivity index (χ1) is 8.47. The van der Waals surface area contributed by atoms with Gasteiger partial charge in [-0.25, -0.2) is 14.2 Å². The topological polar surface area (TPSA) is 62.2 Å². The maximum absolute atomic E-state index is 13.0. The molecule has 0 fully saturated rings. The third kappa shape index (κ3) is 2.60. The maximum Gasteiger partial charge on any atom is 0.355 e. The van der Waals surface area contributed by atoms with E-state index in [0.29, 0.717) is 15.7 Å². The summed E-state index contributed by atoms with van der Waals surface area (Å²) in [6.45, 7) is 1.67. The van der Waals surface area contributed by atoms with Gasteiger partial charge < -0.3 is 10.4 Å². The van der Waals surface area contributed by atoms with Crippen LogP contribution in [0.5, 0.6) is 0 Å². The van der Waals surface area contributed by atoms with Gasteiger partial charge in [-0.1, -0.05) is 11.6 Å². The van der Waals surface area contributed by atoms with Gasteiger partial charge in [0, 0.05) is 10.6 Å². The monoisotopic (exact) mass is 286 g/mol. The van der Waals surface area contributed by atoms with Crippen LogP contribution in [0.1, 0.15) is 15.4 Å². The zero-order valence-corrected chi connectivity index (χ0v) is 10.8. The largest absolute Gasteiger partial charge is 0.476 e. The lowest BCUT2D eigenvalue weighted by Gasteiger charge is -2.02. The van der Waals surface area contributed by atoms with Gasteiger partial charge in [0.2, 0.25) is 0 Å². The summed E-state index contributed by atoms with van der Waals surface area (Å²) >= 11 is 6.85. The average molecular weight is 287 g/mol. The quantitative estimate of drug-likeness (QED) is 0.903. The minimum absolute atomic E-state index is 0.00765. The van der Waals surface area contributed by atoms with E-state index in [9.17, 15) is 9.18 Å². The van der Waals surface area contributed by atoms with Crippen molar-refractivity contribution in [1.82, 2.24) is 4.98 Å². The fourth-order valence-corrected chi connectivity index (χ4v) is 2.35. The van der Waals surface area contributed by atoms with E-state index in [1.807, 2.05) is 0 Å². The summed E-state index contributed by atoms with van der Waals surface area (Å²) in [5, 5.41) is 12.2. The molecule has 0 bridgehead atoms. The minimum Gasteiger partial charge on any atom is -0.476 e. The summed E-state index contributed by atoms with van der Waals surface area (Å²) < 4.78 is 13.0. The molecule has 1 aromatic heterocycles. The number of aromatic nitrogens is 1. The van der Waals surface area contributed by atoms with Crippen molar-refractivity contribution in [3.63, 3.8) is 0 Å². The van der Waals surface area contributed by atoms with Gasteiger partial charge in [-0.05, 0) is 25.1 Å². The van der Waals surface area contributed by atoms with Crippen LogP contribution in [0.15, 0.2) is 18.2 Å². The van der Waals surface area contributed by atoms with Crippen LogP contribution in [0, 0.1) is 12.7 Å². The summed E-state index contributed by atoms with van der Waals surface area (Å²) in [6.07, 6.45) is 0. The lowest BCUT2D eigenvalue weighted by molar-refractivity contribution is 0.0690. The second kappa shape index (κ2) is 4.91. The van der Waals surface area contributed by atoms with Crippen LogP contribution < -0.4 is 5.32 Å². The number of nitrogens with one attached hydrogen (secondary N) is 1. The molecule has 0 saturated heterocycles. The first-order valence-corrected chi connectivity index (χ1v) is 6.09. The Morgan fingerprint density at radius 1 is 1.56 bits per heavy atom. The van der Waals surface area contributed by atoms with Crippen molar-refractivity contribution in [2.45, 2.75) is 6.92 Å². The number of benzene rings is 1. The number of hydrogen-bond acceptors (Lipinski definition) is 4. The molecule has 0 aliphatic carbocycles. The van der Waals surface area contributed by atoms with Crippen molar-refractivity contribution in [1.29, 1.82) is 0 Å². The summed E-state index contributed by atoms with van der Waals surface area (Å²) in [5.41, 5.74) is 0.558. The predicted molar refractivity (Wildman–Crippen MR) is 68.5 cm³/mol. The molecule has 0 saturated carbocycles. The molecule has 2 N–H and O–H groups in total. The molecule has 0 radical (unpaired) electrons. The number of carbonyl (C=O) groups is 1. The Bertz CT molecular complexity index is 615. The van der Waals surface area contributed by atoms with E-state index >= 15 is 0 Å². The van der Waals surface area contributed by atoms with Crippen LogP contribution in [0.3, 0.4) is 0 Å². The summed E-state index contributed by atoms with van der Waals surface area (Å²) in [4.78, 5) is 15.4. The Morgan fingerprint density at radius 3 is 2.83 bits per heavy atom. The highest BCUT2D eigenvalue weighted by molar-refractivity contribution is 7.15. The van der Waals surface area contributed by atoms with Crippen LogP contribution in [0.4, 0.5) is 15.2 Å². The van der Waals surface area contributed by atoms with E-state index in [2.05, 4.69) is 10.3 Å². The molecule has 18 heavy (non-hydrogen) atoms. The molecule has 7 heteroatoms. The number of halogens is 2. The average Bonchev–Trinajstić information content (AvgIpc) is 2.65. The zero-order valence-electron chi connectivity index (χ0n) is 9.20. The van der Waals surface area contributed by atoms with Crippen molar-refractivity contribution >= 4 is 39.7 Å². The molecule has 2 rings (SSSR count). The van der Waals surface area contributed by atoms with E-state index in [1.165, 1.54) is 29.5 Å². The molecule has 1 aromatic carbocycles. The lowest BCUT2D eigenvalue weighted by atomic mass is 10.3. The van der Waals surface area contributed by atoms with Gasteiger partial charge in [0.05, 0.1) is 5.02 Å². The minimum atomic E-state index is -1.08. The number of aromatic carboxylic acids is 1. The number of carboxylic acids is 1. The number of thiazole rings is 1. The third-order valence-corrected chi connectivity index (χ3v) is 3.35. The smallest absolute Gasteiger partial charge is 0.355 e. The molecular weight excluding hydrogens is 279 g/mol. The third-order valence-electron chi connectivity index (χ3n) is 2.17. The van der Waals surface area contributed by atoms with Gasteiger partial charge in [0.15, 0.2) is 10.8 Å². The van der Waals surface area contributed by atoms with Crippen molar-refractivity contribution in [3.8, 4) is 0 Å². The Labute approximate surface area is 111 Å². The molecular formula is C11H8ClFN2O2S. The van der Waals surface area contributed by atoms with E-state index in [-0.39, 0.29) is 10.7 Å². The summed E-state index contributed by atoms with van der Waals surface area (Å²) in [5.74, 6) is -1.59. The van der Waals surface area contributed by atoms with Gasteiger partial charge in [0.25, 0.3) is 0 Å². The molecule has 94 valence electrons. The van der Waals surface area contributed by atoms with Crippen molar-refractivity contribution in [2.75, 3.05) is 5.32 Å². The molecule has 0 aliphatic rings. The highest BCUT2D eigenvalue weighted by Gasteiger charge is 2.14. The summed E-state index contributed by atoms with van der Waals surface area (Å²) in [7, 11) is 0. The standard InChI is InChI=1S/C11H8ClFN2O2S/c1-5-9(10(16)17)15-11(18-5)14-6-2-3-8(13)7(12)4-6/h2-4H,1H3,(H,14,15)(H,16,17). The number of nitrogens with zero attached hydrogens (tertiary/aromatic N) is 1. The number of carboxylic acid groups (broad SMARTS) is 1. The lowest BCUT2D eigenvalue weighted by Crippen LogP contribution is -1.99. The second-order valence-corrected chi connectivity index (χ2v) is 5.09. The van der Waals surface area contributed by atoms with Gasteiger partial charge >= 0.3 is 5.97 Å². The van der Waals surface area contributed by atoms with Crippen LogP contribution in [-0.4, -0.2) is 16.1 Å². The number of hydrogen-bond donors (Lipinski definition) is 2. The highest BCUT2D eigenvalue weighted by Crippen LogP contribution is 2.27. The van der Waals surface area contributed by atoms with Crippen LogP contribution >= 0.6 is 22.9 Å². The Hall–Kier alpha value is -1.66. The Kier molecular flexibility index (Phi) is 3.49. The first kappa shape index (κ1) is 12.8. The first-order valence-electron chi connectivity index (χ1n) is 4.90. The van der Waals surface area contributed by atoms with E-state index in [4.69, 9.17) is 16.7 Å². The number of rotatable bonds is 3. The van der Waals surface area contributed by atoms with E-state index in [0.717, 1.165) is 0 Å². The normalized spacial score (nSPS) is 10.4. The Morgan fingerprint density at radius 2 is 2.28 bits per heavy atom. The molecule has 0 unspecified atom stereocenters. The number of anilines is 2. The van der Waals surface area contributed by atoms with Gasteiger partial charge in [-0.3, -0.25) is 0 Å². The Balaban J connectivity index is 2.26. The van der Waals surface area contributed by atoms with Crippen LogP contribution in [0.25, 0.3) is 0 Å². The molecule has 2 aromatic rings. The second-order valence-electron chi connectivity index (χ2n) is 3.48. The van der Waals surface area contributed by atoms with Crippen molar-refractivity contribution in [2.24, 2.45) is 0 Å². The molecule has 0 spiro atoms. The molecule has 4 nitrogen and oxygen atoms in total. The SMILES string of the molecule is Cc1sc(Nc2ccc(F)c(Cl)c2)nc1C(=O)O. The van der Waals surface area contributed by atoms with Gasteiger partial charge in [-0.15, -0.1) is 11.3 Å². The molecule has 0 atom stereocenters. The van der Waals surface area contributed by atoms with Crippen LogP contribution in [0.2, 0.25) is 5.02 Å². The van der Waals surface area contributed by atoms with Crippen LogP contribution in [-0.2, 0) is 0 Å². The summed E-state index contributed by atoms with van der Waals surface area (Å²) in [6, 6.07) is 4.13. The van der Waals surface area contributed by atoms with E-state index in [1.54, 1.807) is 6.92 Å². The van der Waals surface area contributed by atoms with Gasteiger partial charge in [-0.2, -0.15) is 0 Å². The van der Waals surface area contributed by atoms with Crippen molar-refractivity contribution in [3.05, 3.63) is 39.6 Å². The fourth-order valence-electron chi connectivity index (χ4n) is 1.35. The van der Waals surface area contributed by atoms with E-state index < -0.39 is 11.8 Å². The molecule has 1 heterocycles. The molecule has 0 amide bonds. The predicted octanol–water partition coefficient (Wildman–Crippen LogP) is 3.69.